The van der Waals surface area contributed by atoms with Crippen molar-refractivity contribution in [1.29, 1.82) is 5.26 Å². The number of amides is 1. The number of nitriles is 1. The van der Waals surface area contributed by atoms with Crippen LogP contribution in [-0.4, -0.2) is 23.9 Å². The van der Waals surface area contributed by atoms with E-state index in [1.165, 1.54) is 11.1 Å². The Morgan fingerprint density at radius 3 is 2.60 bits per heavy atom. The molecule has 1 amide bonds. The Morgan fingerprint density at radius 1 is 1.35 bits per heavy atom. The highest BCUT2D eigenvalue weighted by molar-refractivity contribution is 5.79. The average Bonchev–Trinajstić information content (AvgIpc) is 2.43. The van der Waals surface area contributed by atoms with Crippen molar-refractivity contribution in [3.63, 3.8) is 0 Å². The second kappa shape index (κ2) is 5.66. The molecule has 0 unspecified atom stereocenters. The monoisotopic (exact) mass is 270 g/mol. The van der Waals surface area contributed by atoms with Crippen molar-refractivity contribution in [2.75, 3.05) is 13.1 Å². The van der Waals surface area contributed by atoms with E-state index in [1.54, 1.807) is 0 Å². The first-order chi connectivity index (χ1) is 9.43. The second-order valence-corrected chi connectivity index (χ2v) is 6.16. The molecule has 1 heterocycles. The number of nitrogens with zero attached hydrogens (tertiary/aromatic N) is 2. The first-order valence-corrected chi connectivity index (χ1v) is 7.19. The van der Waals surface area contributed by atoms with Gasteiger partial charge < -0.3 is 4.90 Å². The Bertz CT molecular complexity index is 549. The molecule has 106 valence electrons. The molecular weight excluding hydrogens is 248 g/mol. The molecule has 0 saturated carbocycles. The molecule has 1 aromatic rings. The molecule has 1 saturated heterocycles. The van der Waals surface area contributed by atoms with Crippen LogP contribution in [0.4, 0.5) is 0 Å². The molecule has 1 aliphatic heterocycles. The van der Waals surface area contributed by atoms with Gasteiger partial charge in [0, 0.05) is 13.1 Å². The van der Waals surface area contributed by atoms with E-state index < -0.39 is 0 Å². The number of likely N-dealkylation sites (tertiary alicyclic amines) is 1. The lowest BCUT2D eigenvalue weighted by Crippen LogP contribution is -2.42. The van der Waals surface area contributed by atoms with Crippen molar-refractivity contribution in [3.05, 3.63) is 34.9 Å². The summed E-state index contributed by atoms with van der Waals surface area (Å²) in [6, 6.07) is 8.60. The van der Waals surface area contributed by atoms with Gasteiger partial charge in [0.1, 0.15) is 0 Å². The molecule has 0 bridgehead atoms. The maximum Gasteiger partial charge on any atom is 0.227 e. The Labute approximate surface area is 121 Å². The molecule has 0 atom stereocenters. The van der Waals surface area contributed by atoms with Crippen LogP contribution in [0.3, 0.4) is 0 Å². The second-order valence-electron chi connectivity index (χ2n) is 6.16. The zero-order valence-corrected chi connectivity index (χ0v) is 12.6. The molecule has 20 heavy (non-hydrogen) atoms. The fraction of sp³-hybridized carbons (Fsp3) is 0.529. The summed E-state index contributed by atoms with van der Waals surface area (Å²) in [5.74, 6) is 0.179. The van der Waals surface area contributed by atoms with E-state index in [9.17, 15) is 4.79 Å². The van der Waals surface area contributed by atoms with Gasteiger partial charge in [-0.1, -0.05) is 23.8 Å². The summed E-state index contributed by atoms with van der Waals surface area (Å²) in [5.41, 5.74) is 3.22. The predicted molar refractivity (Wildman–Crippen MR) is 79.2 cm³/mol. The average molecular weight is 270 g/mol. The molecule has 0 aliphatic carbocycles. The Morgan fingerprint density at radius 2 is 2.00 bits per heavy atom. The minimum Gasteiger partial charge on any atom is -0.342 e. The predicted octanol–water partition coefficient (Wildman–Crippen LogP) is 3.00. The van der Waals surface area contributed by atoms with Crippen LogP contribution in [-0.2, 0) is 11.2 Å². The number of carbonyl (C=O) groups is 1. The molecule has 1 fully saturated rings. The van der Waals surface area contributed by atoms with Crippen LogP contribution < -0.4 is 0 Å². The van der Waals surface area contributed by atoms with E-state index in [-0.39, 0.29) is 11.3 Å². The van der Waals surface area contributed by atoms with Gasteiger partial charge >= 0.3 is 0 Å². The van der Waals surface area contributed by atoms with E-state index in [2.05, 4.69) is 24.3 Å². The summed E-state index contributed by atoms with van der Waals surface area (Å²) in [5, 5.41) is 9.12. The first-order valence-electron chi connectivity index (χ1n) is 7.19. The number of benzene rings is 1. The standard InChI is InChI=1S/C17H22N2O/c1-13-4-5-14(2)15(10-13)11-16(20)19-8-6-17(3,12-18)7-9-19/h4-5,10H,6-9,11H2,1-3H3. The minimum absolute atomic E-state index is 0.179. The van der Waals surface area contributed by atoms with E-state index in [1.807, 2.05) is 25.7 Å². The van der Waals surface area contributed by atoms with Gasteiger partial charge in [-0.05, 0) is 44.7 Å². The molecule has 0 N–H and O–H groups in total. The topological polar surface area (TPSA) is 44.1 Å². The van der Waals surface area contributed by atoms with Crippen molar-refractivity contribution in [3.8, 4) is 6.07 Å². The van der Waals surface area contributed by atoms with Crippen LogP contribution in [0.2, 0.25) is 0 Å². The molecule has 1 aromatic carbocycles. The van der Waals surface area contributed by atoms with Gasteiger partial charge in [0.2, 0.25) is 5.91 Å². The number of piperidine rings is 1. The molecule has 3 nitrogen and oxygen atoms in total. The summed E-state index contributed by atoms with van der Waals surface area (Å²) in [7, 11) is 0. The van der Waals surface area contributed by atoms with Crippen molar-refractivity contribution < 1.29 is 4.79 Å². The van der Waals surface area contributed by atoms with Crippen LogP contribution in [0.1, 0.15) is 36.5 Å². The fourth-order valence-corrected chi connectivity index (χ4v) is 2.63. The smallest absolute Gasteiger partial charge is 0.227 e. The van der Waals surface area contributed by atoms with Crippen LogP contribution in [0.25, 0.3) is 0 Å². The third-order valence-electron chi connectivity index (χ3n) is 4.34. The molecule has 0 spiro atoms. The number of carbonyl (C=O) groups excluding carboxylic acids is 1. The highest BCUT2D eigenvalue weighted by Crippen LogP contribution is 2.30. The van der Waals surface area contributed by atoms with Crippen molar-refractivity contribution >= 4 is 5.91 Å². The van der Waals surface area contributed by atoms with Gasteiger partial charge in [-0.15, -0.1) is 0 Å². The summed E-state index contributed by atoms with van der Waals surface area (Å²) in [6.45, 7) is 7.48. The van der Waals surface area contributed by atoms with Crippen LogP contribution in [0.5, 0.6) is 0 Å². The van der Waals surface area contributed by atoms with E-state index in [0.29, 0.717) is 19.5 Å². The van der Waals surface area contributed by atoms with E-state index in [0.717, 1.165) is 18.4 Å². The Hall–Kier alpha value is -1.82. The largest absolute Gasteiger partial charge is 0.342 e. The third-order valence-corrected chi connectivity index (χ3v) is 4.34. The highest BCUT2D eigenvalue weighted by Gasteiger charge is 2.31. The summed E-state index contributed by atoms with van der Waals surface area (Å²) < 4.78 is 0. The van der Waals surface area contributed by atoms with Crippen LogP contribution >= 0.6 is 0 Å². The quantitative estimate of drug-likeness (QED) is 0.829. The van der Waals surface area contributed by atoms with Crippen molar-refractivity contribution in [2.24, 2.45) is 5.41 Å². The number of hydrogen-bond acceptors (Lipinski definition) is 2. The van der Waals surface area contributed by atoms with E-state index >= 15 is 0 Å². The summed E-state index contributed by atoms with van der Waals surface area (Å²) >= 11 is 0. The Balaban J connectivity index is 2.00. The lowest BCUT2D eigenvalue weighted by molar-refractivity contribution is -0.132. The zero-order valence-electron chi connectivity index (χ0n) is 12.6. The van der Waals surface area contributed by atoms with Gasteiger partial charge in [0.25, 0.3) is 0 Å². The molecule has 0 aromatic heterocycles. The van der Waals surface area contributed by atoms with Gasteiger partial charge in [-0.25, -0.2) is 0 Å². The van der Waals surface area contributed by atoms with Crippen molar-refractivity contribution in [2.45, 2.75) is 40.0 Å². The molecule has 1 aliphatic rings. The summed E-state index contributed by atoms with van der Waals surface area (Å²) in [4.78, 5) is 14.3. The number of aryl methyl sites for hydroxylation is 2. The highest BCUT2D eigenvalue weighted by atomic mass is 16.2. The molecule has 2 rings (SSSR count). The summed E-state index contributed by atoms with van der Waals surface area (Å²) in [6.07, 6.45) is 2.03. The Kier molecular flexibility index (Phi) is 4.13. The molecule has 3 heteroatoms. The maximum atomic E-state index is 12.4. The SMILES string of the molecule is Cc1ccc(C)c(CC(=O)N2CCC(C)(C#N)CC2)c1. The van der Waals surface area contributed by atoms with Crippen LogP contribution in [0, 0.1) is 30.6 Å². The number of rotatable bonds is 2. The molecule has 0 radical (unpaired) electrons. The number of hydrogen-bond donors (Lipinski definition) is 0. The van der Waals surface area contributed by atoms with E-state index in [4.69, 9.17) is 5.26 Å². The van der Waals surface area contributed by atoms with Gasteiger partial charge in [-0.3, -0.25) is 4.79 Å². The van der Waals surface area contributed by atoms with Crippen molar-refractivity contribution in [1.82, 2.24) is 4.90 Å². The molecular formula is C17H22N2O. The van der Waals surface area contributed by atoms with Gasteiger partial charge in [0.15, 0.2) is 0 Å². The minimum atomic E-state index is -0.254. The van der Waals surface area contributed by atoms with Gasteiger partial charge in [-0.2, -0.15) is 5.26 Å². The normalized spacial score (nSPS) is 17.6. The lowest BCUT2D eigenvalue weighted by atomic mass is 9.82. The van der Waals surface area contributed by atoms with Crippen LogP contribution in [0.15, 0.2) is 18.2 Å². The first kappa shape index (κ1) is 14.6. The third kappa shape index (κ3) is 3.19. The maximum absolute atomic E-state index is 12.4. The van der Waals surface area contributed by atoms with Gasteiger partial charge in [0.05, 0.1) is 17.9 Å². The zero-order chi connectivity index (χ0) is 14.8. The lowest BCUT2D eigenvalue weighted by Gasteiger charge is -2.35. The fourth-order valence-electron chi connectivity index (χ4n) is 2.63.